The van der Waals surface area contributed by atoms with Crippen molar-refractivity contribution in [2.24, 2.45) is 0 Å². The van der Waals surface area contributed by atoms with E-state index in [2.05, 4.69) is 41.5 Å². The molecule has 0 aliphatic heterocycles. The number of aromatic nitrogens is 2. The van der Waals surface area contributed by atoms with Crippen molar-refractivity contribution in [3.05, 3.63) is 83.6 Å². The molecule has 138 valence electrons. The minimum atomic E-state index is -0.257. The monoisotopic (exact) mass is 360 g/mol. The highest BCUT2D eigenvalue weighted by molar-refractivity contribution is 6.03. The molecule has 0 saturated heterocycles. The van der Waals surface area contributed by atoms with Crippen LogP contribution in [-0.4, -0.2) is 23.2 Å². The number of nitrogens with zero attached hydrogens (tertiary/aromatic N) is 3. The van der Waals surface area contributed by atoms with Crippen molar-refractivity contribution in [3.8, 4) is 0 Å². The molecule has 0 aliphatic carbocycles. The van der Waals surface area contributed by atoms with E-state index in [1.165, 1.54) is 5.56 Å². The number of carbonyl (C=O) groups is 1. The van der Waals surface area contributed by atoms with Crippen LogP contribution in [0.1, 0.15) is 41.4 Å². The van der Waals surface area contributed by atoms with Gasteiger partial charge in [-0.2, -0.15) is 0 Å². The minimum Gasteiger partial charge on any atom is -0.354 e. The number of amides is 1. The van der Waals surface area contributed by atoms with Crippen LogP contribution in [0.3, 0.4) is 0 Å². The van der Waals surface area contributed by atoms with Gasteiger partial charge in [0.1, 0.15) is 0 Å². The summed E-state index contributed by atoms with van der Waals surface area (Å²) in [5, 5.41) is 11.3. The fourth-order valence-corrected chi connectivity index (χ4v) is 2.89. The molecule has 0 atom stereocenters. The second-order valence-corrected chi connectivity index (χ2v) is 6.81. The van der Waals surface area contributed by atoms with E-state index in [0.717, 1.165) is 23.6 Å². The maximum atomic E-state index is 12.5. The van der Waals surface area contributed by atoms with Gasteiger partial charge in [-0.3, -0.25) is 4.79 Å². The molecule has 1 N–H and O–H groups in total. The molecule has 0 spiro atoms. The highest BCUT2D eigenvalue weighted by atomic mass is 16.1. The van der Waals surface area contributed by atoms with Crippen LogP contribution in [0, 0.1) is 0 Å². The lowest BCUT2D eigenvalue weighted by atomic mass is 10.0. The summed E-state index contributed by atoms with van der Waals surface area (Å²) in [5.74, 6) is 0.785. The lowest BCUT2D eigenvalue weighted by Gasteiger charge is -2.18. The number of rotatable bonds is 6. The summed E-state index contributed by atoms with van der Waals surface area (Å²) in [7, 11) is 1.95. The van der Waals surface area contributed by atoms with E-state index in [9.17, 15) is 4.79 Å². The number of nitrogens with one attached hydrogen (secondary N) is 1. The third-order valence-electron chi connectivity index (χ3n) is 4.37. The standard InChI is InChI=1S/C22H24N4O/c1-16(2)18-11-7-8-12-19(18)23-22(27)20-13-14-21(25-24-20)26(3)15-17-9-5-4-6-10-17/h4-14,16H,15H2,1-3H3,(H,23,27). The first-order valence-corrected chi connectivity index (χ1v) is 9.03. The van der Waals surface area contributed by atoms with Crippen LogP contribution in [0.4, 0.5) is 11.5 Å². The van der Waals surface area contributed by atoms with Crippen LogP contribution >= 0.6 is 0 Å². The number of benzene rings is 2. The Balaban J connectivity index is 1.69. The summed E-state index contributed by atoms with van der Waals surface area (Å²) >= 11 is 0. The molecule has 5 nitrogen and oxygen atoms in total. The van der Waals surface area contributed by atoms with Crippen LogP contribution in [0.5, 0.6) is 0 Å². The van der Waals surface area contributed by atoms with Gasteiger partial charge in [0.15, 0.2) is 11.5 Å². The van der Waals surface area contributed by atoms with Crippen molar-refractivity contribution in [3.63, 3.8) is 0 Å². The molecular formula is C22H24N4O. The summed E-state index contributed by atoms with van der Waals surface area (Å²) in [6.45, 7) is 4.92. The van der Waals surface area contributed by atoms with Crippen molar-refractivity contribution in [2.45, 2.75) is 26.3 Å². The van der Waals surface area contributed by atoms with Gasteiger partial charge in [-0.15, -0.1) is 10.2 Å². The van der Waals surface area contributed by atoms with Crippen LogP contribution < -0.4 is 10.2 Å². The third-order valence-corrected chi connectivity index (χ3v) is 4.37. The largest absolute Gasteiger partial charge is 0.354 e. The lowest BCUT2D eigenvalue weighted by Crippen LogP contribution is -2.20. The Morgan fingerprint density at radius 2 is 1.67 bits per heavy atom. The first-order chi connectivity index (χ1) is 13.0. The van der Waals surface area contributed by atoms with Crippen LogP contribution in [0.25, 0.3) is 0 Å². The molecule has 0 unspecified atom stereocenters. The molecule has 1 heterocycles. The van der Waals surface area contributed by atoms with E-state index in [4.69, 9.17) is 0 Å². The fourth-order valence-electron chi connectivity index (χ4n) is 2.89. The second-order valence-electron chi connectivity index (χ2n) is 6.81. The minimum absolute atomic E-state index is 0.257. The summed E-state index contributed by atoms with van der Waals surface area (Å²) in [5.41, 5.74) is 3.39. The van der Waals surface area contributed by atoms with Crippen molar-refractivity contribution in [2.75, 3.05) is 17.3 Å². The first-order valence-electron chi connectivity index (χ1n) is 9.03. The van der Waals surface area contributed by atoms with E-state index in [-0.39, 0.29) is 5.91 Å². The molecule has 0 saturated carbocycles. The Labute approximate surface area is 160 Å². The van der Waals surface area contributed by atoms with Gasteiger partial charge in [-0.05, 0) is 35.2 Å². The van der Waals surface area contributed by atoms with Gasteiger partial charge < -0.3 is 10.2 Å². The molecule has 3 rings (SSSR count). The smallest absolute Gasteiger partial charge is 0.276 e. The zero-order valence-electron chi connectivity index (χ0n) is 15.9. The molecule has 2 aromatic carbocycles. The van der Waals surface area contributed by atoms with Crippen molar-refractivity contribution in [1.29, 1.82) is 0 Å². The van der Waals surface area contributed by atoms with Crippen molar-refractivity contribution < 1.29 is 4.79 Å². The molecule has 0 bridgehead atoms. The molecule has 3 aromatic rings. The van der Waals surface area contributed by atoms with Gasteiger partial charge in [-0.25, -0.2) is 0 Å². The highest BCUT2D eigenvalue weighted by Gasteiger charge is 2.13. The zero-order chi connectivity index (χ0) is 19.2. The summed E-state index contributed by atoms with van der Waals surface area (Å²) in [6.07, 6.45) is 0. The Morgan fingerprint density at radius 3 is 2.33 bits per heavy atom. The van der Waals surface area contributed by atoms with E-state index in [1.807, 2.05) is 60.5 Å². The van der Waals surface area contributed by atoms with Gasteiger partial charge in [0.25, 0.3) is 5.91 Å². The summed E-state index contributed by atoms with van der Waals surface area (Å²) in [6, 6.07) is 21.5. The number of hydrogen-bond donors (Lipinski definition) is 1. The SMILES string of the molecule is CC(C)c1ccccc1NC(=O)c1ccc(N(C)Cc2ccccc2)nn1. The number of para-hydroxylation sites is 1. The maximum Gasteiger partial charge on any atom is 0.276 e. The Hall–Kier alpha value is -3.21. The predicted octanol–water partition coefficient (Wildman–Crippen LogP) is 4.49. The Bertz CT molecular complexity index is 892. The van der Waals surface area contributed by atoms with E-state index < -0.39 is 0 Å². The predicted molar refractivity (Wildman–Crippen MR) is 109 cm³/mol. The average Bonchev–Trinajstić information content (AvgIpc) is 2.69. The normalized spacial score (nSPS) is 10.7. The summed E-state index contributed by atoms with van der Waals surface area (Å²) < 4.78 is 0. The van der Waals surface area contributed by atoms with Crippen LogP contribution in [-0.2, 0) is 6.54 Å². The van der Waals surface area contributed by atoms with E-state index >= 15 is 0 Å². The van der Waals surface area contributed by atoms with E-state index in [1.54, 1.807) is 6.07 Å². The molecule has 27 heavy (non-hydrogen) atoms. The number of anilines is 2. The summed E-state index contributed by atoms with van der Waals surface area (Å²) in [4.78, 5) is 14.5. The molecule has 5 heteroatoms. The Morgan fingerprint density at radius 1 is 0.963 bits per heavy atom. The third kappa shape index (κ3) is 4.70. The molecular weight excluding hydrogens is 336 g/mol. The second kappa shape index (κ2) is 8.45. The van der Waals surface area contributed by atoms with Gasteiger partial charge in [0.2, 0.25) is 0 Å². The maximum absolute atomic E-state index is 12.5. The quantitative estimate of drug-likeness (QED) is 0.704. The van der Waals surface area contributed by atoms with E-state index in [0.29, 0.717) is 11.6 Å². The fraction of sp³-hybridized carbons (Fsp3) is 0.227. The molecule has 0 aliphatic rings. The van der Waals surface area contributed by atoms with Crippen molar-refractivity contribution >= 4 is 17.4 Å². The topological polar surface area (TPSA) is 58.1 Å². The average molecular weight is 360 g/mol. The first kappa shape index (κ1) is 18.6. The lowest BCUT2D eigenvalue weighted by molar-refractivity contribution is 0.102. The molecule has 1 aromatic heterocycles. The highest BCUT2D eigenvalue weighted by Crippen LogP contribution is 2.24. The van der Waals surface area contributed by atoms with Gasteiger partial charge in [0, 0.05) is 19.3 Å². The number of hydrogen-bond acceptors (Lipinski definition) is 4. The molecule has 1 amide bonds. The Kier molecular flexibility index (Phi) is 5.81. The number of carbonyl (C=O) groups excluding carboxylic acids is 1. The zero-order valence-corrected chi connectivity index (χ0v) is 15.9. The molecule has 0 radical (unpaired) electrons. The van der Waals surface area contributed by atoms with Gasteiger partial charge in [-0.1, -0.05) is 62.4 Å². The van der Waals surface area contributed by atoms with Gasteiger partial charge in [0.05, 0.1) is 0 Å². The van der Waals surface area contributed by atoms with Gasteiger partial charge >= 0.3 is 0 Å². The van der Waals surface area contributed by atoms with Crippen molar-refractivity contribution in [1.82, 2.24) is 10.2 Å². The molecule has 0 fully saturated rings. The van der Waals surface area contributed by atoms with Crippen LogP contribution in [0.15, 0.2) is 66.7 Å². The van der Waals surface area contributed by atoms with Crippen LogP contribution in [0.2, 0.25) is 0 Å².